The fourth-order valence-electron chi connectivity index (χ4n) is 2.12. The van der Waals surface area contributed by atoms with Crippen LogP contribution in [-0.4, -0.2) is 15.0 Å². The van der Waals surface area contributed by atoms with Gasteiger partial charge in [0.25, 0.3) is 0 Å². The van der Waals surface area contributed by atoms with Crippen LogP contribution in [0.1, 0.15) is 17.4 Å². The van der Waals surface area contributed by atoms with Crippen LogP contribution in [0.2, 0.25) is 0 Å². The maximum Gasteiger partial charge on any atom is 0.192 e. The molecule has 3 aromatic rings. The number of fused-ring (bicyclic) bond motifs is 1. The number of hydrogen-bond donors (Lipinski definition) is 2. The summed E-state index contributed by atoms with van der Waals surface area (Å²) in [6.07, 6.45) is 0. The lowest BCUT2D eigenvalue weighted by Gasteiger charge is -1.99. The molecule has 3 N–H and O–H groups in total. The highest BCUT2D eigenvalue weighted by Gasteiger charge is 2.11. The van der Waals surface area contributed by atoms with Crippen LogP contribution >= 0.6 is 0 Å². The van der Waals surface area contributed by atoms with Crippen molar-refractivity contribution in [3.8, 4) is 11.3 Å². The van der Waals surface area contributed by atoms with Crippen molar-refractivity contribution in [1.82, 2.24) is 15.0 Å². The first-order valence-electron chi connectivity index (χ1n) is 5.80. The molecule has 0 amide bonds. The second-order valence-corrected chi connectivity index (χ2v) is 4.27. The van der Waals surface area contributed by atoms with Crippen LogP contribution in [0.15, 0.2) is 22.6 Å². The minimum atomic E-state index is 0.437. The van der Waals surface area contributed by atoms with Gasteiger partial charge in [0.1, 0.15) is 11.3 Å². The monoisotopic (exact) mass is 242 g/mol. The van der Waals surface area contributed by atoms with Crippen LogP contribution in [-0.2, 0) is 6.54 Å². The lowest BCUT2D eigenvalue weighted by atomic mass is 10.1. The zero-order valence-electron chi connectivity index (χ0n) is 10.3. The normalized spacial score (nSPS) is 11.3. The van der Waals surface area contributed by atoms with Crippen molar-refractivity contribution in [1.29, 1.82) is 0 Å². The number of aromatic nitrogens is 3. The van der Waals surface area contributed by atoms with Crippen LogP contribution in [0.3, 0.4) is 0 Å². The van der Waals surface area contributed by atoms with Crippen LogP contribution in [0, 0.1) is 13.8 Å². The molecule has 5 heteroatoms. The van der Waals surface area contributed by atoms with Gasteiger partial charge >= 0.3 is 0 Å². The van der Waals surface area contributed by atoms with E-state index < -0.39 is 0 Å². The largest absolute Gasteiger partial charge is 0.441 e. The van der Waals surface area contributed by atoms with Crippen molar-refractivity contribution in [2.24, 2.45) is 5.73 Å². The molecule has 0 aliphatic carbocycles. The summed E-state index contributed by atoms with van der Waals surface area (Å²) >= 11 is 0. The maximum absolute atomic E-state index is 5.71. The highest BCUT2D eigenvalue weighted by molar-refractivity contribution is 5.80. The number of benzene rings is 1. The molecule has 0 aliphatic heterocycles. The molecule has 0 saturated carbocycles. The van der Waals surface area contributed by atoms with E-state index in [-0.39, 0.29) is 0 Å². The van der Waals surface area contributed by atoms with E-state index >= 15 is 0 Å². The van der Waals surface area contributed by atoms with Crippen LogP contribution in [0.25, 0.3) is 22.4 Å². The van der Waals surface area contributed by atoms with Crippen LogP contribution in [0.5, 0.6) is 0 Å². The van der Waals surface area contributed by atoms with Crippen molar-refractivity contribution < 1.29 is 4.42 Å². The molecular formula is C13H14N4O. The Morgan fingerprint density at radius 2 is 2.11 bits per heavy atom. The van der Waals surface area contributed by atoms with Gasteiger partial charge in [-0.15, -0.1) is 0 Å². The number of aryl methyl sites for hydroxylation is 2. The number of nitrogens with one attached hydrogen (secondary N) is 1. The fourth-order valence-corrected chi connectivity index (χ4v) is 2.12. The van der Waals surface area contributed by atoms with E-state index in [1.165, 1.54) is 0 Å². The van der Waals surface area contributed by atoms with Gasteiger partial charge < -0.3 is 15.1 Å². The van der Waals surface area contributed by atoms with Crippen LogP contribution < -0.4 is 5.73 Å². The molecule has 18 heavy (non-hydrogen) atoms. The maximum atomic E-state index is 5.71. The van der Waals surface area contributed by atoms with Crippen molar-refractivity contribution in [3.05, 3.63) is 35.6 Å². The highest BCUT2D eigenvalue weighted by Crippen LogP contribution is 2.25. The van der Waals surface area contributed by atoms with E-state index in [4.69, 9.17) is 10.2 Å². The standard InChI is InChI=1S/C13H14N4O/c1-7-15-11(6-14)13(16-7)9-3-4-12-10(5-9)17-8(2)18-12/h3-5H,6,14H2,1-2H3,(H,15,16). The second-order valence-electron chi connectivity index (χ2n) is 4.27. The number of imidazole rings is 1. The van der Waals surface area contributed by atoms with E-state index in [9.17, 15) is 0 Å². The zero-order valence-corrected chi connectivity index (χ0v) is 10.3. The molecule has 0 radical (unpaired) electrons. The molecule has 2 aromatic heterocycles. The minimum absolute atomic E-state index is 0.437. The SMILES string of the molecule is Cc1nc(-c2ccc3oc(C)nc3c2)c(CN)[nH]1. The first kappa shape index (κ1) is 11.0. The summed E-state index contributed by atoms with van der Waals surface area (Å²) in [6.45, 7) is 4.19. The average molecular weight is 242 g/mol. The molecule has 0 fully saturated rings. The third-order valence-electron chi connectivity index (χ3n) is 2.87. The van der Waals surface area contributed by atoms with E-state index in [0.29, 0.717) is 12.4 Å². The predicted molar refractivity (Wildman–Crippen MR) is 69.0 cm³/mol. The van der Waals surface area contributed by atoms with Gasteiger partial charge in [-0.25, -0.2) is 9.97 Å². The Balaban J connectivity index is 2.18. The Morgan fingerprint density at radius 1 is 1.28 bits per heavy atom. The molecule has 1 aromatic carbocycles. The summed E-state index contributed by atoms with van der Waals surface area (Å²) in [7, 11) is 0. The van der Waals surface area contributed by atoms with Crippen molar-refractivity contribution in [3.63, 3.8) is 0 Å². The smallest absolute Gasteiger partial charge is 0.192 e. The summed E-state index contributed by atoms with van der Waals surface area (Å²) in [5.74, 6) is 1.53. The zero-order chi connectivity index (χ0) is 12.7. The van der Waals surface area contributed by atoms with Gasteiger partial charge in [0.2, 0.25) is 0 Å². The molecule has 0 atom stereocenters. The minimum Gasteiger partial charge on any atom is -0.441 e. The van der Waals surface area contributed by atoms with Gasteiger partial charge in [-0.3, -0.25) is 0 Å². The summed E-state index contributed by atoms with van der Waals surface area (Å²) in [6, 6.07) is 5.86. The third kappa shape index (κ3) is 1.69. The van der Waals surface area contributed by atoms with E-state index in [1.807, 2.05) is 32.0 Å². The molecule has 0 unspecified atom stereocenters. The van der Waals surface area contributed by atoms with Gasteiger partial charge in [-0.2, -0.15) is 0 Å². The summed E-state index contributed by atoms with van der Waals surface area (Å²) in [5.41, 5.74) is 10.2. The third-order valence-corrected chi connectivity index (χ3v) is 2.87. The van der Waals surface area contributed by atoms with Gasteiger partial charge in [0, 0.05) is 19.0 Å². The Bertz CT molecular complexity index is 711. The average Bonchev–Trinajstić information content (AvgIpc) is 2.89. The lowest BCUT2D eigenvalue weighted by Crippen LogP contribution is -1.98. The Morgan fingerprint density at radius 3 is 2.89 bits per heavy atom. The predicted octanol–water partition coefficient (Wildman–Crippen LogP) is 2.29. The second kappa shape index (κ2) is 3.96. The number of rotatable bonds is 2. The number of hydrogen-bond acceptors (Lipinski definition) is 4. The summed E-state index contributed by atoms with van der Waals surface area (Å²) in [4.78, 5) is 12.0. The fraction of sp³-hybridized carbons (Fsp3) is 0.231. The van der Waals surface area contributed by atoms with E-state index in [0.717, 1.165) is 33.9 Å². The number of nitrogens with two attached hydrogens (primary N) is 1. The number of oxazole rings is 1. The van der Waals surface area contributed by atoms with Gasteiger partial charge in [-0.1, -0.05) is 0 Å². The van der Waals surface area contributed by atoms with Crippen LogP contribution in [0.4, 0.5) is 0 Å². The molecule has 0 saturated heterocycles. The van der Waals surface area contributed by atoms with Crippen molar-refractivity contribution in [2.75, 3.05) is 0 Å². The summed E-state index contributed by atoms with van der Waals surface area (Å²) < 4.78 is 5.46. The lowest BCUT2D eigenvalue weighted by molar-refractivity contribution is 0.561. The molecule has 5 nitrogen and oxygen atoms in total. The number of aromatic amines is 1. The molecule has 2 heterocycles. The molecule has 92 valence electrons. The molecule has 0 spiro atoms. The summed E-state index contributed by atoms with van der Waals surface area (Å²) in [5, 5.41) is 0. The van der Waals surface area contributed by atoms with Gasteiger partial charge in [-0.05, 0) is 25.1 Å². The Kier molecular flexibility index (Phi) is 2.41. The first-order valence-corrected chi connectivity index (χ1v) is 5.80. The van der Waals surface area contributed by atoms with E-state index in [1.54, 1.807) is 0 Å². The molecular weight excluding hydrogens is 228 g/mol. The Labute approximate surface area is 104 Å². The van der Waals surface area contributed by atoms with Gasteiger partial charge in [0.15, 0.2) is 11.5 Å². The molecule has 3 rings (SSSR count). The molecule has 0 aliphatic rings. The number of H-pyrrole nitrogens is 1. The topological polar surface area (TPSA) is 80.7 Å². The number of nitrogens with zero attached hydrogens (tertiary/aromatic N) is 2. The first-order chi connectivity index (χ1) is 8.67. The highest BCUT2D eigenvalue weighted by atomic mass is 16.3. The van der Waals surface area contributed by atoms with Crippen molar-refractivity contribution in [2.45, 2.75) is 20.4 Å². The van der Waals surface area contributed by atoms with Crippen molar-refractivity contribution >= 4 is 11.1 Å². The quantitative estimate of drug-likeness (QED) is 0.722. The molecule has 0 bridgehead atoms. The van der Waals surface area contributed by atoms with E-state index in [2.05, 4.69) is 15.0 Å². The Hall–Kier alpha value is -2.14. The van der Waals surface area contributed by atoms with Gasteiger partial charge in [0.05, 0.1) is 11.4 Å².